The van der Waals surface area contributed by atoms with Gasteiger partial charge in [0, 0.05) is 22.7 Å². The van der Waals surface area contributed by atoms with E-state index in [1.165, 1.54) is 4.68 Å². The third-order valence-corrected chi connectivity index (χ3v) is 4.47. The Morgan fingerprint density at radius 2 is 1.41 bits per heavy atom. The summed E-state index contributed by atoms with van der Waals surface area (Å²) in [6.45, 7) is 7.32. The van der Waals surface area contributed by atoms with Gasteiger partial charge in [-0.15, -0.1) is 0 Å². The molecule has 0 saturated heterocycles. The summed E-state index contributed by atoms with van der Waals surface area (Å²) < 4.78 is 1.32. The minimum absolute atomic E-state index is 0.0756. The van der Waals surface area contributed by atoms with Crippen LogP contribution >= 0.6 is 0 Å². The molecule has 1 aromatic heterocycles. The molecule has 0 fully saturated rings. The maximum atomic E-state index is 12.9. The van der Waals surface area contributed by atoms with Crippen LogP contribution in [0.4, 0.5) is 11.4 Å². The van der Waals surface area contributed by atoms with Gasteiger partial charge < -0.3 is 10.6 Å². The van der Waals surface area contributed by atoms with Crippen LogP contribution in [-0.2, 0) is 4.79 Å². The van der Waals surface area contributed by atoms with Crippen molar-refractivity contribution in [1.82, 2.24) is 9.78 Å². The summed E-state index contributed by atoms with van der Waals surface area (Å²) in [6, 6.07) is 13.6. The van der Waals surface area contributed by atoms with Crippen LogP contribution in [0.25, 0.3) is 10.8 Å². The topological polar surface area (TPSA) is 93.1 Å². The molecule has 0 atom stereocenters. The van der Waals surface area contributed by atoms with Crippen LogP contribution in [0.5, 0.6) is 0 Å². The molecule has 150 valence electrons. The molecule has 3 aromatic rings. The van der Waals surface area contributed by atoms with E-state index in [0.29, 0.717) is 22.1 Å². The average molecular weight is 392 g/mol. The Hall–Kier alpha value is -3.48. The molecule has 1 heterocycles. The SMILES string of the molecule is CC(C)C(=O)Nc1ccc(NC(=O)c2nn(C(C)C)c(=O)c3ccccc23)cc1. The Kier molecular flexibility index (Phi) is 5.77. The largest absolute Gasteiger partial charge is 0.326 e. The molecule has 7 heteroatoms. The number of nitrogens with one attached hydrogen (secondary N) is 2. The fourth-order valence-electron chi connectivity index (χ4n) is 2.84. The van der Waals surface area contributed by atoms with Crippen LogP contribution < -0.4 is 16.2 Å². The minimum atomic E-state index is -0.408. The molecule has 0 aliphatic carbocycles. The third-order valence-electron chi connectivity index (χ3n) is 4.47. The van der Waals surface area contributed by atoms with Gasteiger partial charge in [-0.25, -0.2) is 4.68 Å². The highest BCUT2D eigenvalue weighted by molar-refractivity contribution is 6.11. The molecule has 2 amide bonds. The highest BCUT2D eigenvalue weighted by atomic mass is 16.2. The van der Waals surface area contributed by atoms with Crippen molar-refractivity contribution >= 4 is 34.0 Å². The predicted molar refractivity (Wildman–Crippen MR) is 114 cm³/mol. The quantitative estimate of drug-likeness (QED) is 0.690. The lowest BCUT2D eigenvalue weighted by atomic mass is 10.1. The molecule has 0 radical (unpaired) electrons. The van der Waals surface area contributed by atoms with Crippen molar-refractivity contribution < 1.29 is 9.59 Å². The first-order valence-corrected chi connectivity index (χ1v) is 9.51. The summed E-state index contributed by atoms with van der Waals surface area (Å²) in [4.78, 5) is 37.3. The lowest BCUT2D eigenvalue weighted by Gasteiger charge is -2.14. The minimum Gasteiger partial charge on any atom is -0.326 e. The standard InChI is InChI=1S/C22H24N4O3/c1-13(2)20(27)23-15-9-11-16(12-10-15)24-21(28)19-17-7-5-6-8-18(17)22(29)26(25-19)14(3)4/h5-14H,1-4H3,(H,23,27)(H,24,28). The van der Waals surface area contributed by atoms with Crippen molar-refractivity contribution in [2.45, 2.75) is 33.7 Å². The Morgan fingerprint density at radius 3 is 1.97 bits per heavy atom. The zero-order chi connectivity index (χ0) is 21.1. The van der Waals surface area contributed by atoms with Crippen LogP contribution in [0, 0.1) is 5.92 Å². The zero-order valence-corrected chi connectivity index (χ0v) is 16.9. The first kappa shape index (κ1) is 20.3. The van der Waals surface area contributed by atoms with Crippen molar-refractivity contribution in [2.24, 2.45) is 5.92 Å². The predicted octanol–water partition coefficient (Wildman–Crippen LogP) is 3.82. The monoisotopic (exact) mass is 392 g/mol. The molecule has 0 bridgehead atoms. The number of nitrogens with zero attached hydrogens (tertiary/aromatic N) is 2. The molecular formula is C22H24N4O3. The molecule has 3 rings (SSSR count). The molecule has 0 unspecified atom stereocenters. The second-order valence-electron chi connectivity index (χ2n) is 7.41. The van der Waals surface area contributed by atoms with Gasteiger partial charge in [0.1, 0.15) is 0 Å². The summed E-state index contributed by atoms with van der Waals surface area (Å²) in [5, 5.41) is 10.9. The maximum Gasteiger partial charge on any atom is 0.276 e. The van der Waals surface area contributed by atoms with E-state index in [2.05, 4.69) is 15.7 Å². The fourth-order valence-corrected chi connectivity index (χ4v) is 2.84. The molecule has 0 aliphatic heterocycles. The highest BCUT2D eigenvalue weighted by Gasteiger charge is 2.18. The fraction of sp³-hybridized carbons (Fsp3) is 0.273. The molecule has 7 nitrogen and oxygen atoms in total. The van der Waals surface area contributed by atoms with Crippen molar-refractivity contribution in [2.75, 3.05) is 10.6 Å². The zero-order valence-electron chi connectivity index (χ0n) is 16.9. The van der Waals surface area contributed by atoms with Gasteiger partial charge in [0.2, 0.25) is 5.91 Å². The summed E-state index contributed by atoms with van der Waals surface area (Å²) in [7, 11) is 0. The number of carbonyl (C=O) groups is 2. The molecular weight excluding hydrogens is 368 g/mol. The Labute approximate surface area is 168 Å². The number of hydrogen-bond acceptors (Lipinski definition) is 4. The Balaban J connectivity index is 1.89. The van der Waals surface area contributed by atoms with E-state index in [1.807, 2.05) is 27.7 Å². The summed E-state index contributed by atoms with van der Waals surface area (Å²) in [5.74, 6) is -0.603. The molecule has 2 aromatic carbocycles. The number of amides is 2. The second-order valence-corrected chi connectivity index (χ2v) is 7.41. The normalized spacial score (nSPS) is 11.1. The smallest absolute Gasteiger partial charge is 0.276 e. The van der Waals surface area contributed by atoms with E-state index in [1.54, 1.807) is 48.5 Å². The van der Waals surface area contributed by atoms with Gasteiger partial charge in [-0.05, 0) is 44.2 Å². The van der Waals surface area contributed by atoms with Crippen molar-refractivity contribution in [3.63, 3.8) is 0 Å². The molecule has 0 saturated carbocycles. The van der Waals surface area contributed by atoms with E-state index < -0.39 is 5.91 Å². The first-order valence-electron chi connectivity index (χ1n) is 9.51. The lowest BCUT2D eigenvalue weighted by molar-refractivity contribution is -0.118. The Morgan fingerprint density at radius 1 is 0.862 bits per heavy atom. The number of rotatable bonds is 5. The second kappa shape index (κ2) is 8.26. The Bertz CT molecular complexity index is 1120. The van der Waals surface area contributed by atoms with E-state index in [4.69, 9.17) is 0 Å². The van der Waals surface area contributed by atoms with E-state index >= 15 is 0 Å². The van der Waals surface area contributed by atoms with E-state index in [9.17, 15) is 14.4 Å². The summed E-state index contributed by atoms with van der Waals surface area (Å²) in [6.07, 6.45) is 0. The summed E-state index contributed by atoms with van der Waals surface area (Å²) >= 11 is 0. The van der Waals surface area contributed by atoms with Crippen LogP contribution in [0.2, 0.25) is 0 Å². The van der Waals surface area contributed by atoms with Crippen molar-refractivity contribution in [1.29, 1.82) is 0 Å². The van der Waals surface area contributed by atoms with Crippen LogP contribution in [-0.4, -0.2) is 21.6 Å². The van der Waals surface area contributed by atoms with E-state index in [-0.39, 0.29) is 29.1 Å². The number of aromatic nitrogens is 2. The van der Waals surface area contributed by atoms with Gasteiger partial charge in [0.25, 0.3) is 11.5 Å². The number of benzene rings is 2. The number of anilines is 2. The van der Waals surface area contributed by atoms with Crippen LogP contribution in [0.1, 0.15) is 44.2 Å². The maximum absolute atomic E-state index is 12.9. The van der Waals surface area contributed by atoms with Crippen LogP contribution in [0.3, 0.4) is 0 Å². The van der Waals surface area contributed by atoms with Crippen molar-refractivity contribution in [3.05, 3.63) is 64.6 Å². The first-order chi connectivity index (χ1) is 13.8. The van der Waals surface area contributed by atoms with Gasteiger partial charge in [0.05, 0.1) is 11.4 Å². The van der Waals surface area contributed by atoms with Crippen molar-refractivity contribution in [3.8, 4) is 0 Å². The molecule has 0 spiro atoms. The number of carbonyl (C=O) groups excluding carboxylic acids is 2. The van der Waals surface area contributed by atoms with Gasteiger partial charge in [-0.1, -0.05) is 32.0 Å². The average Bonchev–Trinajstić information content (AvgIpc) is 2.69. The van der Waals surface area contributed by atoms with Gasteiger partial charge >= 0.3 is 0 Å². The molecule has 29 heavy (non-hydrogen) atoms. The lowest BCUT2D eigenvalue weighted by Crippen LogP contribution is -2.28. The third kappa shape index (κ3) is 4.34. The number of fused-ring (bicyclic) bond motifs is 1. The van der Waals surface area contributed by atoms with E-state index in [0.717, 1.165) is 0 Å². The molecule has 0 aliphatic rings. The summed E-state index contributed by atoms with van der Waals surface area (Å²) in [5.41, 5.74) is 1.17. The number of hydrogen-bond donors (Lipinski definition) is 2. The van der Waals surface area contributed by atoms with Gasteiger partial charge in [0.15, 0.2) is 5.69 Å². The van der Waals surface area contributed by atoms with Gasteiger partial charge in [-0.3, -0.25) is 14.4 Å². The van der Waals surface area contributed by atoms with Crippen LogP contribution in [0.15, 0.2) is 53.3 Å². The molecule has 2 N–H and O–H groups in total. The highest BCUT2D eigenvalue weighted by Crippen LogP contribution is 2.18. The van der Waals surface area contributed by atoms with Gasteiger partial charge in [-0.2, -0.15) is 5.10 Å².